The van der Waals surface area contributed by atoms with Gasteiger partial charge in [0, 0.05) is 18.0 Å². The highest BCUT2D eigenvalue weighted by atomic mass is 19.1. The van der Waals surface area contributed by atoms with Gasteiger partial charge in [0.2, 0.25) is 0 Å². The van der Waals surface area contributed by atoms with E-state index in [1.165, 1.54) is 18.2 Å². The Morgan fingerprint density at radius 1 is 1.50 bits per heavy atom. The lowest BCUT2D eigenvalue weighted by molar-refractivity contribution is 0.189. The topological polar surface area (TPSA) is 47.3 Å². The summed E-state index contributed by atoms with van der Waals surface area (Å²) < 4.78 is 20.4. The van der Waals surface area contributed by atoms with Crippen LogP contribution in [0.1, 0.15) is 18.6 Å². The Bertz CT molecular complexity index is 498. The molecule has 2 aromatic rings. The maximum atomic E-state index is 13.1. The molecule has 1 heterocycles. The zero-order valence-electron chi connectivity index (χ0n) is 10.1. The first kappa shape index (κ1) is 12.6. The van der Waals surface area contributed by atoms with Crippen molar-refractivity contribution in [1.82, 2.24) is 9.78 Å². The van der Waals surface area contributed by atoms with Crippen LogP contribution in [-0.4, -0.2) is 21.5 Å². The van der Waals surface area contributed by atoms with Crippen molar-refractivity contribution in [3.8, 4) is 5.75 Å². The number of nitrogens with zero attached hydrogens (tertiary/aromatic N) is 2. The Hall–Kier alpha value is -1.88. The Balaban J connectivity index is 2.00. The van der Waals surface area contributed by atoms with Gasteiger partial charge in [-0.1, -0.05) is 0 Å². The monoisotopic (exact) mass is 250 g/mol. The average molecular weight is 250 g/mol. The molecule has 5 heteroatoms. The Morgan fingerprint density at radius 3 is 3.00 bits per heavy atom. The molecule has 0 aliphatic heterocycles. The number of ether oxygens (including phenoxy) is 1. The van der Waals surface area contributed by atoms with E-state index in [-0.39, 0.29) is 5.82 Å². The summed E-state index contributed by atoms with van der Waals surface area (Å²) in [5, 5.41) is 13.6. The van der Waals surface area contributed by atoms with Crippen molar-refractivity contribution in [2.75, 3.05) is 6.61 Å². The van der Waals surface area contributed by atoms with Gasteiger partial charge in [-0.05, 0) is 31.2 Å². The predicted octanol–water partition coefficient (Wildman–Crippen LogP) is 2.15. The molecule has 1 aromatic heterocycles. The Kier molecular flexibility index (Phi) is 3.94. The fourth-order valence-electron chi connectivity index (χ4n) is 1.66. The van der Waals surface area contributed by atoms with E-state index in [0.29, 0.717) is 24.5 Å². The highest BCUT2D eigenvalue weighted by Gasteiger charge is 2.10. The highest BCUT2D eigenvalue weighted by Crippen LogP contribution is 2.25. The summed E-state index contributed by atoms with van der Waals surface area (Å²) in [6.45, 7) is 2.59. The SMILES string of the molecule is C[C@H](O)c1cc(F)ccc1OCCn1cccn1. The summed E-state index contributed by atoms with van der Waals surface area (Å²) in [7, 11) is 0. The van der Waals surface area contributed by atoms with Crippen molar-refractivity contribution in [2.24, 2.45) is 0 Å². The van der Waals surface area contributed by atoms with E-state index in [1.54, 1.807) is 17.8 Å². The van der Waals surface area contributed by atoms with Crippen LogP contribution >= 0.6 is 0 Å². The second-order valence-electron chi connectivity index (χ2n) is 3.98. The van der Waals surface area contributed by atoms with Gasteiger partial charge < -0.3 is 9.84 Å². The van der Waals surface area contributed by atoms with Crippen molar-refractivity contribution in [2.45, 2.75) is 19.6 Å². The minimum absolute atomic E-state index is 0.384. The number of rotatable bonds is 5. The first-order valence-corrected chi connectivity index (χ1v) is 5.74. The van der Waals surface area contributed by atoms with E-state index < -0.39 is 6.10 Å². The van der Waals surface area contributed by atoms with Gasteiger partial charge in [-0.15, -0.1) is 0 Å². The van der Waals surface area contributed by atoms with Crippen molar-refractivity contribution in [3.63, 3.8) is 0 Å². The quantitative estimate of drug-likeness (QED) is 0.884. The van der Waals surface area contributed by atoms with E-state index in [4.69, 9.17) is 4.74 Å². The average Bonchev–Trinajstić information content (AvgIpc) is 2.84. The van der Waals surface area contributed by atoms with Crippen LogP contribution in [0.25, 0.3) is 0 Å². The van der Waals surface area contributed by atoms with Crippen LogP contribution in [0.3, 0.4) is 0 Å². The molecule has 18 heavy (non-hydrogen) atoms. The molecule has 0 saturated heterocycles. The summed E-state index contributed by atoms with van der Waals surface area (Å²) in [6, 6.07) is 5.96. The van der Waals surface area contributed by atoms with Crippen molar-refractivity contribution in [1.29, 1.82) is 0 Å². The van der Waals surface area contributed by atoms with Crippen LogP contribution in [0, 0.1) is 5.82 Å². The fourth-order valence-corrected chi connectivity index (χ4v) is 1.66. The molecule has 0 saturated carbocycles. The lowest BCUT2D eigenvalue weighted by Crippen LogP contribution is -2.10. The van der Waals surface area contributed by atoms with Crippen LogP contribution in [0.4, 0.5) is 4.39 Å². The summed E-state index contributed by atoms with van der Waals surface area (Å²) in [4.78, 5) is 0. The fraction of sp³-hybridized carbons (Fsp3) is 0.308. The molecule has 4 nitrogen and oxygen atoms in total. The number of hydrogen-bond acceptors (Lipinski definition) is 3. The number of aliphatic hydroxyl groups excluding tert-OH is 1. The van der Waals surface area contributed by atoms with E-state index >= 15 is 0 Å². The van der Waals surface area contributed by atoms with Gasteiger partial charge in [-0.3, -0.25) is 4.68 Å². The van der Waals surface area contributed by atoms with Crippen LogP contribution in [-0.2, 0) is 6.54 Å². The normalized spacial score (nSPS) is 12.4. The van der Waals surface area contributed by atoms with Gasteiger partial charge >= 0.3 is 0 Å². The molecule has 0 aliphatic carbocycles. The molecule has 1 N–H and O–H groups in total. The molecule has 0 unspecified atom stereocenters. The van der Waals surface area contributed by atoms with E-state index in [9.17, 15) is 9.50 Å². The first-order valence-electron chi connectivity index (χ1n) is 5.74. The molecule has 1 aromatic carbocycles. The highest BCUT2D eigenvalue weighted by molar-refractivity contribution is 5.35. The zero-order chi connectivity index (χ0) is 13.0. The van der Waals surface area contributed by atoms with Gasteiger partial charge in [0.05, 0.1) is 12.6 Å². The van der Waals surface area contributed by atoms with Gasteiger partial charge in [0.25, 0.3) is 0 Å². The molecular weight excluding hydrogens is 235 g/mol. The van der Waals surface area contributed by atoms with Crippen LogP contribution in [0.15, 0.2) is 36.7 Å². The van der Waals surface area contributed by atoms with Gasteiger partial charge in [-0.2, -0.15) is 5.10 Å². The molecule has 0 aliphatic rings. The minimum Gasteiger partial charge on any atom is -0.491 e. The zero-order valence-corrected chi connectivity index (χ0v) is 10.1. The van der Waals surface area contributed by atoms with E-state index in [1.807, 2.05) is 12.3 Å². The van der Waals surface area contributed by atoms with Crippen molar-refractivity contribution in [3.05, 3.63) is 48.0 Å². The summed E-state index contributed by atoms with van der Waals surface area (Å²) in [6.07, 6.45) is 2.77. The molecule has 0 amide bonds. The van der Waals surface area contributed by atoms with Gasteiger partial charge in [-0.25, -0.2) is 4.39 Å². The smallest absolute Gasteiger partial charge is 0.125 e. The first-order chi connectivity index (χ1) is 8.66. The third-order valence-electron chi connectivity index (χ3n) is 2.56. The van der Waals surface area contributed by atoms with Gasteiger partial charge in [0.15, 0.2) is 0 Å². The maximum absolute atomic E-state index is 13.1. The number of halogens is 1. The lowest BCUT2D eigenvalue weighted by Gasteiger charge is -2.13. The van der Waals surface area contributed by atoms with Gasteiger partial charge in [0.1, 0.15) is 18.2 Å². The Morgan fingerprint density at radius 2 is 2.33 bits per heavy atom. The summed E-state index contributed by atoms with van der Waals surface area (Å²) >= 11 is 0. The molecule has 0 fully saturated rings. The molecule has 0 bridgehead atoms. The lowest BCUT2D eigenvalue weighted by atomic mass is 10.1. The second-order valence-corrected chi connectivity index (χ2v) is 3.98. The molecule has 0 radical (unpaired) electrons. The summed E-state index contributed by atoms with van der Waals surface area (Å²) in [5.74, 6) is 0.115. The van der Waals surface area contributed by atoms with E-state index in [0.717, 1.165) is 0 Å². The van der Waals surface area contributed by atoms with E-state index in [2.05, 4.69) is 5.10 Å². The third kappa shape index (κ3) is 3.07. The number of aliphatic hydroxyl groups is 1. The molecule has 0 spiro atoms. The number of hydrogen-bond donors (Lipinski definition) is 1. The second kappa shape index (κ2) is 5.64. The Labute approximate surface area is 105 Å². The van der Waals surface area contributed by atoms with Crippen molar-refractivity contribution < 1.29 is 14.2 Å². The predicted molar refractivity (Wildman–Crippen MR) is 64.8 cm³/mol. The number of benzene rings is 1. The van der Waals surface area contributed by atoms with Crippen LogP contribution in [0.5, 0.6) is 5.75 Å². The molecule has 1 atom stereocenters. The number of aromatic nitrogens is 2. The largest absolute Gasteiger partial charge is 0.491 e. The van der Waals surface area contributed by atoms with Crippen LogP contribution in [0.2, 0.25) is 0 Å². The third-order valence-corrected chi connectivity index (χ3v) is 2.56. The standard InChI is InChI=1S/C13H15FN2O2/c1-10(17)12-9-11(14)3-4-13(12)18-8-7-16-6-2-5-15-16/h2-6,9-10,17H,7-8H2,1H3/t10-/m0/s1. The summed E-state index contributed by atoms with van der Waals surface area (Å²) in [5.41, 5.74) is 0.454. The molecule has 2 rings (SSSR count). The van der Waals surface area contributed by atoms with Crippen molar-refractivity contribution >= 4 is 0 Å². The minimum atomic E-state index is -0.764. The molecule has 96 valence electrons. The maximum Gasteiger partial charge on any atom is 0.125 e. The molecular formula is C13H15FN2O2. The van der Waals surface area contributed by atoms with Crippen LogP contribution < -0.4 is 4.74 Å².